The number of hydrogen-bond donors (Lipinski definition) is 1. The maximum Gasteiger partial charge on any atom is 0.308 e. The van der Waals surface area contributed by atoms with Crippen LogP contribution in [0.2, 0.25) is 0 Å². The third-order valence-corrected chi connectivity index (χ3v) is 6.55. The highest BCUT2D eigenvalue weighted by Gasteiger charge is 2.66. The lowest BCUT2D eigenvalue weighted by atomic mass is 9.63. The van der Waals surface area contributed by atoms with Gasteiger partial charge in [0.2, 0.25) is 11.8 Å². The van der Waals surface area contributed by atoms with Crippen LogP contribution in [0.3, 0.4) is 0 Å². The molecule has 2 bridgehead atoms. The zero-order valence-corrected chi connectivity index (χ0v) is 15.9. The molecule has 1 aromatic rings. The number of anilines is 1. The third-order valence-electron chi connectivity index (χ3n) is 6.55. The number of imide groups is 1. The van der Waals surface area contributed by atoms with Gasteiger partial charge in [0.1, 0.15) is 5.76 Å². The van der Waals surface area contributed by atoms with Gasteiger partial charge in [0, 0.05) is 12.6 Å². The summed E-state index contributed by atoms with van der Waals surface area (Å²) in [6.07, 6.45) is 5.19. The van der Waals surface area contributed by atoms with Crippen molar-refractivity contribution in [1.29, 1.82) is 0 Å². The fraction of sp³-hybridized carbons (Fsp3) is 0.550. The first kappa shape index (κ1) is 18.1. The van der Waals surface area contributed by atoms with E-state index >= 15 is 0 Å². The number of carbonyl (C=O) groups is 4. The first-order chi connectivity index (χ1) is 13.9. The zero-order valence-electron chi connectivity index (χ0n) is 15.9. The lowest BCUT2D eigenvalue weighted by Crippen LogP contribution is -2.40. The molecule has 3 fully saturated rings. The Labute approximate surface area is 166 Å². The number of aromatic nitrogens is 1. The standard InChI is InChI=1S/C20H21N3O6/c1-9-6-14(22-29-9)21-15(24)8-28-16(25)4-5-23-19(26)17-10-2-3-11(13-7-12(10)13)18(17)20(23)27/h2-3,6,10-13,17-18H,4-5,7-8H2,1H3,(H,21,22,24)/t10-,11-,12-,13+,17-,18+/m0/s1. The molecule has 0 radical (unpaired) electrons. The highest BCUT2D eigenvalue weighted by atomic mass is 16.5. The van der Waals surface area contributed by atoms with Gasteiger partial charge in [-0.1, -0.05) is 17.3 Å². The molecule has 6 rings (SSSR count). The largest absolute Gasteiger partial charge is 0.456 e. The van der Waals surface area contributed by atoms with E-state index in [2.05, 4.69) is 22.6 Å². The quantitative estimate of drug-likeness (QED) is 0.429. The summed E-state index contributed by atoms with van der Waals surface area (Å²) in [6.45, 7) is 1.20. The van der Waals surface area contributed by atoms with E-state index in [1.165, 1.54) is 11.0 Å². The van der Waals surface area contributed by atoms with Gasteiger partial charge in [-0.3, -0.25) is 24.1 Å². The Kier molecular flexibility index (Phi) is 4.07. The van der Waals surface area contributed by atoms with Gasteiger partial charge < -0.3 is 14.6 Å². The summed E-state index contributed by atoms with van der Waals surface area (Å²) in [6, 6.07) is 1.54. The van der Waals surface area contributed by atoms with Crippen molar-refractivity contribution in [2.24, 2.45) is 35.5 Å². The first-order valence-corrected chi connectivity index (χ1v) is 9.86. The predicted octanol–water partition coefficient (Wildman–Crippen LogP) is 0.908. The normalized spacial score (nSPS) is 33.5. The van der Waals surface area contributed by atoms with Gasteiger partial charge in [-0.25, -0.2) is 0 Å². The molecule has 1 aromatic heterocycles. The van der Waals surface area contributed by atoms with E-state index in [1.54, 1.807) is 6.92 Å². The average Bonchev–Trinajstić information content (AvgIpc) is 3.38. The second-order valence-corrected chi connectivity index (χ2v) is 8.26. The Hall–Kier alpha value is -2.97. The number of esters is 1. The lowest BCUT2D eigenvalue weighted by Gasteiger charge is -2.37. The number of ether oxygens (including phenoxy) is 1. The SMILES string of the molecule is Cc1cc(NC(=O)COC(=O)CCN2C(=O)[C@@H]3[C@H]4C=C[C@@H]([C@@H]5C[C@H]45)[C@@H]3C2=O)no1. The average molecular weight is 399 g/mol. The second-order valence-electron chi connectivity index (χ2n) is 8.26. The molecular formula is C20H21N3O6. The van der Waals surface area contributed by atoms with Crippen molar-refractivity contribution in [2.75, 3.05) is 18.5 Å². The molecular weight excluding hydrogens is 378 g/mol. The van der Waals surface area contributed by atoms with Crippen molar-refractivity contribution in [1.82, 2.24) is 10.1 Å². The number of rotatable bonds is 6. The Bertz CT molecular complexity index is 900. The zero-order chi connectivity index (χ0) is 20.3. The molecule has 5 aliphatic rings. The van der Waals surface area contributed by atoms with Gasteiger partial charge in [0.15, 0.2) is 12.4 Å². The molecule has 9 nitrogen and oxygen atoms in total. The van der Waals surface area contributed by atoms with Crippen LogP contribution in [0.1, 0.15) is 18.6 Å². The summed E-state index contributed by atoms with van der Waals surface area (Å²) in [5, 5.41) is 6.06. The minimum atomic E-state index is -0.643. The van der Waals surface area contributed by atoms with E-state index in [0.717, 1.165) is 6.42 Å². The maximum atomic E-state index is 12.8. The maximum absolute atomic E-state index is 12.8. The van der Waals surface area contributed by atoms with Crippen LogP contribution in [0.5, 0.6) is 0 Å². The molecule has 6 atom stereocenters. The summed E-state index contributed by atoms with van der Waals surface area (Å²) in [7, 11) is 0. The van der Waals surface area contributed by atoms with Crippen molar-refractivity contribution in [3.05, 3.63) is 24.0 Å². The molecule has 0 aromatic carbocycles. The Morgan fingerprint density at radius 2 is 1.86 bits per heavy atom. The lowest BCUT2D eigenvalue weighted by molar-refractivity contribution is -0.148. The molecule has 1 saturated heterocycles. The highest BCUT2D eigenvalue weighted by Crippen LogP contribution is 2.65. The van der Waals surface area contributed by atoms with Crippen LogP contribution in [0.25, 0.3) is 0 Å². The van der Waals surface area contributed by atoms with Gasteiger partial charge in [-0.2, -0.15) is 0 Å². The minimum absolute atomic E-state index is 0.0115. The van der Waals surface area contributed by atoms with Crippen LogP contribution in [0.4, 0.5) is 5.82 Å². The number of nitrogens with zero attached hydrogens (tertiary/aromatic N) is 2. The van der Waals surface area contributed by atoms with Crippen LogP contribution in [-0.4, -0.2) is 46.9 Å². The van der Waals surface area contributed by atoms with Crippen molar-refractivity contribution in [3.63, 3.8) is 0 Å². The number of aryl methyl sites for hydroxylation is 1. The number of nitrogens with one attached hydrogen (secondary N) is 1. The number of hydrogen-bond acceptors (Lipinski definition) is 7. The molecule has 0 unspecified atom stereocenters. The molecule has 2 saturated carbocycles. The van der Waals surface area contributed by atoms with Gasteiger partial charge in [0.05, 0.1) is 18.3 Å². The summed E-state index contributed by atoms with van der Waals surface area (Å²) < 4.78 is 9.77. The summed E-state index contributed by atoms with van der Waals surface area (Å²) in [4.78, 5) is 50.6. The number of likely N-dealkylation sites (tertiary alicyclic amines) is 1. The molecule has 152 valence electrons. The molecule has 9 heteroatoms. The smallest absolute Gasteiger partial charge is 0.308 e. The Morgan fingerprint density at radius 1 is 1.21 bits per heavy atom. The van der Waals surface area contributed by atoms with E-state index in [9.17, 15) is 19.2 Å². The minimum Gasteiger partial charge on any atom is -0.456 e. The number of carbonyl (C=O) groups excluding carboxylic acids is 4. The van der Waals surface area contributed by atoms with E-state index in [1.807, 2.05) is 0 Å². The summed E-state index contributed by atoms with van der Waals surface area (Å²) in [5.41, 5.74) is 0. The van der Waals surface area contributed by atoms with Gasteiger partial charge >= 0.3 is 5.97 Å². The molecule has 2 heterocycles. The number of allylic oxidation sites excluding steroid dienone is 2. The van der Waals surface area contributed by atoms with Crippen molar-refractivity contribution < 1.29 is 28.4 Å². The monoisotopic (exact) mass is 399 g/mol. The Morgan fingerprint density at radius 3 is 2.45 bits per heavy atom. The summed E-state index contributed by atoms with van der Waals surface area (Å²) >= 11 is 0. The number of amides is 3. The summed E-state index contributed by atoms with van der Waals surface area (Å²) in [5.74, 6) is 0.110. The van der Waals surface area contributed by atoms with E-state index in [-0.39, 0.29) is 54.3 Å². The van der Waals surface area contributed by atoms with Gasteiger partial charge in [-0.15, -0.1) is 0 Å². The Balaban J connectivity index is 1.12. The second kappa shape index (κ2) is 6.53. The van der Waals surface area contributed by atoms with Crippen molar-refractivity contribution in [3.8, 4) is 0 Å². The van der Waals surface area contributed by atoms with Crippen LogP contribution < -0.4 is 5.32 Å². The molecule has 1 N–H and O–H groups in total. The molecule has 29 heavy (non-hydrogen) atoms. The molecule has 1 aliphatic heterocycles. The third kappa shape index (κ3) is 2.95. The molecule has 3 amide bonds. The van der Waals surface area contributed by atoms with E-state index < -0.39 is 18.5 Å². The van der Waals surface area contributed by atoms with Crippen molar-refractivity contribution >= 4 is 29.5 Å². The highest BCUT2D eigenvalue weighted by molar-refractivity contribution is 6.06. The fourth-order valence-corrected chi connectivity index (χ4v) is 5.26. The van der Waals surface area contributed by atoms with Crippen LogP contribution >= 0.6 is 0 Å². The topological polar surface area (TPSA) is 119 Å². The van der Waals surface area contributed by atoms with Crippen LogP contribution in [0.15, 0.2) is 22.7 Å². The predicted molar refractivity (Wildman–Crippen MR) is 96.9 cm³/mol. The molecule has 4 aliphatic carbocycles. The van der Waals surface area contributed by atoms with Gasteiger partial charge in [0.25, 0.3) is 5.91 Å². The van der Waals surface area contributed by atoms with E-state index in [4.69, 9.17) is 9.26 Å². The van der Waals surface area contributed by atoms with Crippen LogP contribution in [0, 0.1) is 42.4 Å². The molecule has 0 spiro atoms. The van der Waals surface area contributed by atoms with Gasteiger partial charge in [-0.05, 0) is 37.0 Å². The van der Waals surface area contributed by atoms with E-state index in [0.29, 0.717) is 17.6 Å². The first-order valence-electron chi connectivity index (χ1n) is 9.86. The fourth-order valence-electron chi connectivity index (χ4n) is 5.26. The van der Waals surface area contributed by atoms with Crippen molar-refractivity contribution in [2.45, 2.75) is 19.8 Å². The van der Waals surface area contributed by atoms with Crippen LogP contribution in [-0.2, 0) is 23.9 Å².